The molecule has 0 spiro atoms. The van der Waals surface area contributed by atoms with Gasteiger partial charge < -0.3 is 0 Å². The first-order chi connectivity index (χ1) is 11.5. The molecule has 1 saturated carbocycles. The number of hydrogen-bond acceptors (Lipinski definition) is 5. The maximum atomic E-state index is 12.8. The number of rotatable bonds is 4. The smallest absolute Gasteiger partial charge is 0.289 e. The molecule has 7 nitrogen and oxygen atoms in total. The van der Waals surface area contributed by atoms with Crippen molar-refractivity contribution in [3.8, 4) is 0 Å². The molecule has 1 heterocycles. The highest BCUT2D eigenvalue weighted by Crippen LogP contribution is 2.28. The molecule has 2 fully saturated rings. The molecule has 24 heavy (non-hydrogen) atoms. The van der Waals surface area contributed by atoms with Gasteiger partial charge in [0, 0.05) is 38.3 Å². The number of sulfonamides is 1. The topological polar surface area (TPSA) is 83.8 Å². The van der Waals surface area contributed by atoms with Gasteiger partial charge in [0.15, 0.2) is 4.90 Å². The molecule has 0 N–H and O–H groups in total. The summed E-state index contributed by atoms with van der Waals surface area (Å²) in [5, 5.41) is 11.1. The van der Waals surface area contributed by atoms with Crippen LogP contribution in [0.25, 0.3) is 0 Å². The summed E-state index contributed by atoms with van der Waals surface area (Å²) in [4.78, 5) is 12.7. The number of nitro groups is 1. The van der Waals surface area contributed by atoms with Gasteiger partial charge in [-0.1, -0.05) is 31.4 Å². The van der Waals surface area contributed by atoms with E-state index in [0.717, 1.165) is 0 Å². The van der Waals surface area contributed by atoms with E-state index in [-0.39, 0.29) is 10.6 Å². The zero-order valence-corrected chi connectivity index (χ0v) is 14.5. The Morgan fingerprint density at radius 2 is 1.62 bits per heavy atom. The fourth-order valence-corrected chi connectivity index (χ4v) is 5.30. The summed E-state index contributed by atoms with van der Waals surface area (Å²) in [6, 6.07) is 6.14. The van der Waals surface area contributed by atoms with Crippen LogP contribution in [0.1, 0.15) is 32.1 Å². The predicted molar refractivity (Wildman–Crippen MR) is 90.3 cm³/mol. The van der Waals surface area contributed by atoms with Gasteiger partial charge in [-0.2, -0.15) is 4.31 Å². The standard InChI is InChI=1S/C16H23N3O4S/c20-19(21)15-8-4-5-9-16(15)24(22,23)18-12-10-17(11-13-18)14-6-2-1-3-7-14/h4-5,8-9,14H,1-3,6-7,10-13H2. The van der Waals surface area contributed by atoms with Crippen molar-refractivity contribution < 1.29 is 13.3 Å². The highest BCUT2D eigenvalue weighted by Gasteiger charge is 2.34. The van der Waals surface area contributed by atoms with Crippen LogP contribution in [0.15, 0.2) is 29.2 Å². The van der Waals surface area contributed by atoms with Crippen molar-refractivity contribution in [2.24, 2.45) is 0 Å². The van der Waals surface area contributed by atoms with Crippen LogP contribution in [0.5, 0.6) is 0 Å². The molecule has 1 aromatic rings. The Morgan fingerprint density at radius 1 is 1.00 bits per heavy atom. The van der Waals surface area contributed by atoms with Crippen LogP contribution in [0.4, 0.5) is 5.69 Å². The monoisotopic (exact) mass is 353 g/mol. The summed E-state index contributed by atoms with van der Waals surface area (Å²) in [6.45, 7) is 2.19. The average molecular weight is 353 g/mol. The molecule has 1 aliphatic carbocycles. The van der Waals surface area contributed by atoms with E-state index in [0.29, 0.717) is 32.2 Å². The lowest BCUT2D eigenvalue weighted by molar-refractivity contribution is -0.387. The third kappa shape index (κ3) is 3.45. The largest absolute Gasteiger partial charge is 0.298 e. The second-order valence-corrected chi connectivity index (χ2v) is 8.36. The zero-order chi connectivity index (χ0) is 17.2. The van der Waals surface area contributed by atoms with Gasteiger partial charge >= 0.3 is 0 Å². The van der Waals surface area contributed by atoms with Crippen molar-refractivity contribution in [2.75, 3.05) is 26.2 Å². The summed E-state index contributed by atoms with van der Waals surface area (Å²) < 4.78 is 27.0. The highest BCUT2D eigenvalue weighted by molar-refractivity contribution is 7.89. The van der Waals surface area contributed by atoms with Crippen molar-refractivity contribution in [2.45, 2.75) is 43.0 Å². The summed E-state index contributed by atoms with van der Waals surface area (Å²) in [6.07, 6.45) is 6.18. The Hall–Kier alpha value is -1.51. The van der Waals surface area contributed by atoms with Crippen LogP contribution in [0.3, 0.4) is 0 Å². The first-order valence-electron chi connectivity index (χ1n) is 8.48. The Labute approximate surface area is 142 Å². The molecule has 1 aliphatic heterocycles. The Morgan fingerprint density at radius 3 is 2.25 bits per heavy atom. The molecule has 3 rings (SSSR count). The van der Waals surface area contributed by atoms with Crippen molar-refractivity contribution in [3.63, 3.8) is 0 Å². The van der Waals surface area contributed by atoms with E-state index in [1.807, 2.05) is 0 Å². The fourth-order valence-electron chi connectivity index (χ4n) is 3.72. The number of nitrogens with zero attached hydrogens (tertiary/aromatic N) is 3. The van der Waals surface area contributed by atoms with Crippen molar-refractivity contribution in [1.29, 1.82) is 0 Å². The summed E-state index contributed by atoms with van der Waals surface area (Å²) in [7, 11) is -3.83. The summed E-state index contributed by atoms with van der Waals surface area (Å²) in [5.74, 6) is 0. The van der Waals surface area contributed by atoms with E-state index in [4.69, 9.17) is 0 Å². The molecule has 8 heteroatoms. The minimum atomic E-state index is -3.83. The second-order valence-electron chi connectivity index (χ2n) is 6.46. The molecule has 0 amide bonds. The molecule has 0 atom stereocenters. The van der Waals surface area contributed by atoms with E-state index >= 15 is 0 Å². The van der Waals surface area contributed by atoms with E-state index in [1.165, 1.54) is 60.7 Å². The number of hydrogen-bond donors (Lipinski definition) is 0. The molecule has 0 aromatic heterocycles. The fraction of sp³-hybridized carbons (Fsp3) is 0.625. The lowest BCUT2D eigenvalue weighted by atomic mass is 9.94. The van der Waals surface area contributed by atoms with Gasteiger partial charge in [0.2, 0.25) is 10.0 Å². The van der Waals surface area contributed by atoms with Gasteiger partial charge in [0.25, 0.3) is 5.69 Å². The van der Waals surface area contributed by atoms with Crippen LogP contribution in [0, 0.1) is 10.1 Å². The molecule has 0 radical (unpaired) electrons. The first kappa shape index (κ1) is 17.3. The van der Waals surface area contributed by atoms with E-state index in [1.54, 1.807) is 0 Å². The number of piperazine rings is 1. The quantitative estimate of drug-likeness (QED) is 0.612. The van der Waals surface area contributed by atoms with Gasteiger partial charge in [-0.05, 0) is 18.9 Å². The Kier molecular flexibility index (Phi) is 5.17. The van der Waals surface area contributed by atoms with Crippen LogP contribution in [-0.4, -0.2) is 54.8 Å². The van der Waals surface area contributed by atoms with Gasteiger partial charge in [-0.15, -0.1) is 0 Å². The molecule has 0 bridgehead atoms. The number of benzene rings is 1. The lowest BCUT2D eigenvalue weighted by Crippen LogP contribution is -2.52. The highest BCUT2D eigenvalue weighted by atomic mass is 32.2. The van der Waals surface area contributed by atoms with E-state index in [2.05, 4.69) is 4.90 Å². The van der Waals surface area contributed by atoms with Gasteiger partial charge in [-0.3, -0.25) is 15.0 Å². The van der Waals surface area contributed by atoms with Crippen LogP contribution >= 0.6 is 0 Å². The van der Waals surface area contributed by atoms with Crippen LogP contribution in [-0.2, 0) is 10.0 Å². The SMILES string of the molecule is O=[N+]([O-])c1ccccc1S(=O)(=O)N1CCN(C2CCCCC2)CC1. The lowest BCUT2D eigenvalue weighted by Gasteiger charge is -2.40. The second kappa shape index (κ2) is 7.16. The van der Waals surface area contributed by atoms with Crippen molar-refractivity contribution in [1.82, 2.24) is 9.21 Å². The molecule has 1 saturated heterocycles. The predicted octanol–water partition coefficient (Wildman–Crippen LogP) is 2.23. The Balaban J connectivity index is 1.72. The molecule has 132 valence electrons. The van der Waals surface area contributed by atoms with Crippen molar-refractivity contribution in [3.05, 3.63) is 34.4 Å². The normalized spacial score (nSPS) is 21.7. The van der Waals surface area contributed by atoms with Crippen molar-refractivity contribution >= 4 is 15.7 Å². The third-order valence-corrected chi connectivity index (χ3v) is 6.99. The van der Waals surface area contributed by atoms with Crippen LogP contribution < -0.4 is 0 Å². The average Bonchev–Trinajstić information content (AvgIpc) is 2.62. The molecule has 0 unspecified atom stereocenters. The Bertz CT molecular complexity index is 693. The van der Waals surface area contributed by atoms with Gasteiger partial charge in [0.1, 0.15) is 0 Å². The van der Waals surface area contributed by atoms with Gasteiger partial charge in [0.05, 0.1) is 4.92 Å². The maximum Gasteiger partial charge on any atom is 0.289 e. The third-order valence-electron chi connectivity index (χ3n) is 5.04. The zero-order valence-electron chi connectivity index (χ0n) is 13.6. The maximum absolute atomic E-state index is 12.8. The van der Waals surface area contributed by atoms with E-state index in [9.17, 15) is 18.5 Å². The first-order valence-corrected chi connectivity index (χ1v) is 9.92. The summed E-state index contributed by atoms with van der Waals surface area (Å²) in [5.41, 5.74) is -0.354. The molecule has 1 aromatic carbocycles. The van der Waals surface area contributed by atoms with Gasteiger partial charge in [-0.25, -0.2) is 8.42 Å². The number of para-hydroxylation sites is 1. The minimum absolute atomic E-state index is 0.207. The minimum Gasteiger partial charge on any atom is -0.298 e. The van der Waals surface area contributed by atoms with Crippen LogP contribution in [0.2, 0.25) is 0 Å². The molecular formula is C16H23N3O4S. The molecular weight excluding hydrogens is 330 g/mol. The van der Waals surface area contributed by atoms with E-state index < -0.39 is 14.9 Å². The summed E-state index contributed by atoms with van der Waals surface area (Å²) >= 11 is 0. The number of nitro benzene ring substituents is 1. The molecule has 2 aliphatic rings.